The quantitative estimate of drug-likeness (QED) is 0.784. The maximum Gasteiger partial charge on any atom is 0.152 e. The van der Waals surface area contributed by atoms with Crippen molar-refractivity contribution >= 4 is 9.84 Å². The molecule has 0 aromatic heterocycles. The van der Waals surface area contributed by atoms with E-state index in [2.05, 4.69) is 19.2 Å². The van der Waals surface area contributed by atoms with Crippen LogP contribution in [-0.4, -0.2) is 32.5 Å². The average Bonchev–Trinajstić information content (AvgIpc) is 2.35. The second-order valence-electron chi connectivity index (χ2n) is 6.45. The minimum Gasteiger partial charge on any atom is -0.317 e. The molecule has 4 heteroatoms. The van der Waals surface area contributed by atoms with Crippen molar-refractivity contribution in [1.29, 1.82) is 0 Å². The summed E-state index contributed by atoms with van der Waals surface area (Å²) in [5.41, 5.74) is 0. The Morgan fingerprint density at radius 2 is 1.89 bits per heavy atom. The molecule has 1 rings (SSSR count). The molecule has 3 unspecified atom stereocenters. The summed E-state index contributed by atoms with van der Waals surface area (Å²) in [4.78, 5) is 0. The lowest BCUT2D eigenvalue weighted by atomic mass is 9.73. The lowest BCUT2D eigenvalue weighted by Gasteiger charge is -2.35. The average molecular weight is 289 g/mol. The topological polar surface area (TPSA) is 46.2 Å². The van der Waals surface area contributed by atoms with Gasteiger partial charge in [0.05, 0.1) is 11.0 Å². The van der Waals surface area contributed by atoms with Crippen molar-refractivity contribution in [2.24, 2.45) is 17.8 Å². The molecule has 0 aromatic carbocycles. The van der Waals surface area contributed by atoms with Gasteiger partial charge in [0.25, 0.3) is 0 Å². The van der Waals surface area contributed by atoms with Gasteiger partial charge in [0.2, 0.25) is 0 Å². The summed E-state index contributed by atoms with van der Waals surface area (Å²) in [6.07, 6.45) is 4.59. The molecule has 0 aliphatic heterocycles. The molecular weight excluding hydrogens is 258 g/mol. The van der Waals surface area contributed by atoms with Crippen LogP contribution in [-0.2, 0) is 9.84 Å². The van der Waals surface area contributed by atoms with E-state index in [1.807, 2.05) is 0 Å². The van der Waals surface area contributed by atoms with Gasteiger partial charge in [0.15, 0.2) is 9.84 Å². The highest BCUT2D eigenvalue weighted by Gasteiger charge is 2.29. The van der Waals surface area contributed by atoms with Crippen LogP contribution in [0.15, 0.2) is 0 Å². The van der Waals surface area contributed by atoms with Gasteiger partial charge in [0.1, 0.15) is 0 Å². The predicted molar refractivity (Wildman–Crippen MR) is 82.1 cm³/mol. The number of rotatable bonds is 7. The van der Waals surface area contributed by atoms with Gasteiger partial charge in [-0.25, -0.2) is 8.42 Å². The van der Waals surface area contributed by atoms with Crippen LogP contribution in [0.3, 0.4) is 0 Å². The highest BCUT2D eigenvalue weighted by atomic mass is 32.2. The van der Waals surface area contributed by atoms with Gasteiger partial charge in [-0.05, 0) is 64.0 Å². The van der Waals surface area contributed by atoms with E-state index >= 15 is 0 Å². The van der Waals surface area contributed by atoms with E-state index in [0.717, 1.165) is 25.4 Å². The van der Waals surface area contributed by atoms with Gasteiger partial charge in [0, 0.05) is 0 Å². The van der Waals surface area contributed by atoms with Crippen molar-refractivity contribution in [1.82, 2.24) is 5.32 Å². The number of hydrogen-bond acceptors (Lipinski definition) is 3. The first-order chi connectivity index (χ1) is 8.86. The van der Waals surface area contributed by atoms with Crippen LogP contribution in [0.1, 0.15) is 53.4 Å². The van der Waals surface area contributed by atoms with E-state index in [0.29, 0.717) is 17.6 Å². The van der Waals surface area contributed by atoms with E-state index in [1.54, 1.807) is 13.8 Å². The van der Waals surface area contributed by atoms with Crippen molar-refractivity contribution in [2.75, 3.05) is 18.8 Å². The van der Waals surface area contributed by atoms with Crippen LogP contribution in [0.25, 0.3) is 0 Å². The Morgan fingerprint density at radius 3 is 2.47 bits per heavy atom. The zero-order chi connectivity index (χ0) is 14.5. The molecule has 0 saturated heterocycles. The van der Waals surface area contributed by atoms with Crippen molar-refractivity contribution in [3.8, 4) is 0 Å². The van der Waals surface area contributed by atoms with Gasteiger partial charge in [-0.15, -0.1) is 0 Å². The Labute approximate surface area is 119 Å². The Morgan fingerprint density at radius 1 is 1.21 bits per heavy atom. The molecule has 0 bridgehead atoms. The fourth-order valence-electron chi connectivity index (χ4n) is 3.06. The van der Waals surface area contributed by atoms with Crippen molar-refractivity contribution in [2.45, 2.75) is 58.6 Å². The minimum absolute atomic E-state index is 0.235. The lowest BCUT2D eigenvalue weighted by molar-refractivity contribution is 0.181. The van der Waals surface area contributed by atoms with E-state index in [4.69, 9.17) is 0 Å². The van der Waals surface area contributed by atoms with E-state index in [-0.39, 0.29) is 5.25 Å². The molecule has 3 nitrogen and oxygen atoms in total. The molecule has 0 heterocycles. The Bertz CT molecular complexity index is 349. The van der Waals surface area contributed by atoms with Gasteiger partial charge in [-0.3, -0.25) is 0 Å². The molecule has 19 heavy (non-hydrogen) atoms. The highest BCUT2D eigenvalue weighted by molar-refractivity contribution is 7.91. The number of sulfone groups is 1. The molecule has 1 saturated carbocycles. The smallest absolute Gasteiger partial charge is 0.152 e. The zero-order valence-electron chi connectivity index (χ0n) is 13.0. The van der Waals surface area contributed by atoms with Crippen molar-refractivity contribution in [3.05, 3.63) is 0 Å². The van der Waals surface area contributed by atoms with Crippen molar-refractivity contribution < 1.29 is 8.42 Å². The summed E-state index contributed by atoms with van der Waals surface area (Å²) in [6, 6.07) is 0. The predicted octanol–water partition coefficient (Wildman–Crippen LogP) is 2.86. The van der Waals surface area contributed by atoms with E-state index in [1.165, 1.54) is 19.3 Å². The molecular formula is C15H31NO2S. The Kier molecular flexibility index (Phi) is 6.81. The molecule has 0 amide bonds. The van der Waals surface area contributed by atoms with Crippen molar-refractivity contribution in [3.63, 3.8) is 0 Å². The molecule has 3 atom stereocenters. The van der Waals surface area contributed by atoms with Gasteiger partial charge >= 0.3 is 0 Å². The first-order valence-corrected chi connectivity index (χ1v) is 9.50. The van der Waals surface area contributed by atoms with Gasteiger partial charge in [-0.1, -0.05) is 20.3 Å². The molecule has 1 fully saturated rings. The molecule has 114 valence electrons. The first kappa shape index (κ1) is 17.0. The largest absolute Gasteiger partial charge is 0.317 e. The van der Waals surface area contributed by atoms with Gasteiger partial charge in [-0.2, -0.15) is 0 Å². The van der Waals surface area contributed by atoms with E-state index < -0.39 is 9.84 Å². The molecule has 0 spiro atoms. The van der Waals surface area contributed by atoms with Crippen LogP contribution >= 0.6 is 0 Å². The summed E-state index contributed by atoms with van der Waals surface area (Å²) in [5, 5.41) is 3.20. The van der Waals surface area contributed by atoms with Crippen LogP contribution in [0, 0.1) is 17.8 Å². The van der Waals surface area contributed by atoms with Gasteiger partial charge < -0.3 is 5.32 Å². The third kappa shape index (κ3) is 5.42. The Balaban J connectivity index is 2.55. The summed E-state index contributed by atoms with van der Waals surface area (Å²) < 4.78 is 23.9. The second-order valence-corrected chi connectivity index (χ2v) is 9.13. The summed E-state index contributed by atoms with van der Waals surface area (Å²) >= 11 is 0. The molecule has 0 radical (unpaired) electrons. The minimum atomic E-state index is -2.88. The maximum absolute atomic E-state index is 12.0. The fraction of sp³-hybridized carbons (Fsp3) is 1.00. The first-order valence-electron chi connectivity index (χ1n) is 7.79. The SMILES string of the molecule is CCNCC1CCC(C)CC1CCS(=O)(=O)C(C)C. The monoisotopic (exact) mass is 289 g/mol. The summed E-state index contributed by atoms with van der Waals surface area (Å²) in [7, 11) is -2.88. The molecule has 0 aromatic rings. The standard InChI is InChI=1S/C15H31NO2S/c1-5-16-11-15-7-6-13(4)10-14(15)8-9-19(17,18)12(2)3/h12-16H,5-11H2,1-4H3. The molecule has 1 aliphatic rings. The fourth-order valence-corrected chi connectivity index (χ4v) is 4.17. The maximum atomic E-state index is 12.0. The lowest BCUT2D eigenvalue weighted by Crippen LogP contribution is -2.34. The summed E-state index contributed by atoms with van der Waals surface area (Å²) in [5.74, 6) is 2.37. The molecule has 1 aliphatic carbocycles. The third-order valence-electron chi connectivity index (χ3n) is 4.55. The van der Waals surface area contributed by atoms with E-state index in [9.17, 15) is 8.42 Å². The zero-order valence-corrected chi connectivity index (χ0v) is 13.8. The summed E-state index contributed by atoms with van der Waals surface area (Å²) in [6.45, 7) is 10.1. The van der Waals surface area contributed by atoms with Crippen LogP contribution in [0.5, 0.6) is 0 Å². The second kappa shape index (κ2) is 7.63. The highest BCUT2D eigenvalue weighted by Crippen LogP contribution is 2.35. The van der Waals surface area contributed by atoms with Crippen LogP contribution in [0.4, 0.5) is 0 Å². The van der Waals surface area contributed by atoms with Crippen LogP contribution < -0.4 is 5.32 Å². The normalized spacial score (nSPS) is 28.8. The third-order valence-corrected chi connectivity index (χ3v) is 6.79. The number of nitrogens with one attached hydrogen (secondary N) is 1. The Hall–Kier alpha value is -0.0900. The number of hydrogen-bond donors (Lipinski definition) is 1. The molecule has 1 N–H and O–H groups in total. The van der Waals surface area contributed by atoms with Crippen LogP contribution in [0.2, 0.25) is 0 Å².